The van der Waals surface area contributed by atoms with Gasteiger partial charge in [0.15, 0.2) is 5.69 Å². The van der Waals surface area contributed by atoms with Crippen molar-refractivity contribution in [3.8, 4) is 0 Å². The number of imidazole rings is 1. The number of hydrogen-bond donors (Lipinski definition) is 1. The van der Waals surface area contributed by atoms with Crippen LogP contribution in [-0.4, -0.2) is 31.6 Å². The molecule has 0 aliphatic carbocycles. The number of amides is 1. The Morgan fingerprint density at radius 2 is 2.00 bits per heavy atom. The first kappa shape index (κ1) is 17.0. The summed E-state index contributed by atoms with van der Waals surface area (Å²) in [6.45, 7) is 3.72. The molecule has 0 bridgehead atoms. The summed E-state index contributed by atoms with van der Waals surface area (Å²) in [6, 6.07) is 4.37. The lowest BCUT2D eigenvalue weighted by Crippen LogP contribution is -2.28. The van der Waals surface area contributed by atoms with Crippen molar-refractivity contribution in [1.29, 1.82) is 0 Å². The summed E-state index contributed by atoms with van der Waals surface area (Å²) >= 11 is 0. The molecule has 25 heavy (non-hydrogen) atoms. The van der Waals surface area contributed by atoms with E-state index in [1.165, 1.54) is 4.68 Å². The van der Waals surface area contributed by atoms with E-state index in [0.717, 1.165) is 17.4 Å². The maximum atomic E-state index is 12.6. The lowest BCUT2D eigenvalue weighted by molar-refractivity contribution is -0.141. The molecule has 1 N–H and O–H groups in total. The molecule has 0 aliphatic rings. The van der Waals surface area contributed by atoms with Gasteiger partial charge in [0.05, 0.1) is 17.8 Å². The zero-order valence-electron chi connectivity index (χ0n) is 13.6. The second-order valence-corrected chi connectivity index (χ2v) is 5.71. The number of rotatable bonds is 4. The van der Waals surface area contributed by atoms with Crippen LogP contribution < -0.4 is 5.32 Å². The molecule has 3 aromatic heterocycles. The third-order valence-corrected chi connectivity index (χ3v) is 3.71. The number of nitrogens with zero attached hydrogens (tertiary/aromatic N) is 4. The van der Waals surface area contributed by atoms with E-state index in [1.54, 1.807) is 35.9 Å². The van der Waals surface area contributed by atoms with E-state index >= 15 is 0 Å². The van der Waals surface area contributed by atoms with Gasteiger partial charge in [-0.2, -0.15) is 18.3 Å². The highest BCUT2D eigenvalue weighted by Crippen LogP contribution is 2.28. The average molecular weight is 351 g/mol. The van der Waals surface area contributed by atoms with Crippen molar-refractivity contribution >= 4 is 11.6 Å². The van der Waals surface area contributed by atoms with Crippen LogP contribution in [0, 0.1) is 13.8 Å². The van der Waals surface area contributed by atoms with Crippen molar-refractivity contribution in [3.05, 3.63) is 53.2 Å². The SMILES string of the molecule is Cc1cn2cc(C(=O)NCCn3nc(C(F)(F)F)cc3C)ccc2n1. The summed E-state index contributed by atoms with van der Waals surface area (Å²) in [5.41, 5.74) is 1.47. The van der Waals surface area contributed by atoms with E-state index in [9.17, 15) is 18.0 Å². The monoisotopic (exact) mass is 351 g/mol. The van der Waals surface area contributed by atoms with Gasteiger partial charge in [0.1, 0.15) is 5.65 Å². The molecular formula is C16H16F3N5O. The number of aryl methyl sites for hydroxylation is 2. The van der Waals surface area contributed by atoms with Crippen LogP contribution in [0.5, 0.6) is 0 Å². The Labute approximate surface area is 141 Å². The first-order valence-corrected chi connectivity index (χ1v) is 7.59. The molecule has 0 unspecified atom stereocenters. The van der Waals surface area contributed by atoms with Crippen LogP contribution in [-0.2, 0) is 12.7 Å². The van der Waals surface area contributed by atoms with Gasteiger partial charge in [-0.1, -0.05) is 0 Å². The Bertz CT molecular complexity index is 926. The predicted molar refractivity (Wildman–Crippen MR) is 84.2 cm³/mol. The molecule has 0 saturated carbocycles. The Hall–Kier alpha value is -2.84. The first-order valence-electron chi connectivity index (χ1n) is 7.59. The molecule has 3 heterocycles. The van der Waals surface area contributed by atoms with Crippen LogP contribution >= 0.6 is 0 Å². The van der Waals surface area contributed by atoms with Gasteiger partial charge in [-0.15, -0.1) is 0 Å². The minimum Gasteiger partial charge on any atom is -0.350 e. The molecule has 1 amide bonds. The van der Waals surface area contributed by atoms with Crippen molar-refractivity contribution in [2.75, 3.05) is 6.54 Å². The van der Waals surface area contributed by atoms with E-state index < -0.39 is 11.9 Å². The van der Waals surface area contributed by atoms with Gasteiger partial charge in [-0.25, -0.2) is 4.98 Å². The van der Waals surface area contributed by atoms with Crippen LogP contribution in [0.2, 0.25) is 0 Å². The van der Waals surface area contributed by atoms with E-state index in [0.29, 0.717) is 11.3 Å². The number of carbonyl (C=O) groups is 1. The van der Waals surface area contributed by atoms with Gasteiger partial charge in [-0.05, 0) is 32.0 Å². The fraction of sp³-hybridized carbons (Fsp3) is 0.312. The van der Waals surface area contributed by atoms with E-state index in [4.69, 9.17) is 0 Å². The van der Waals surface area contributed by atoms with Crippen molar-refractivity contribution in [3.63, 3.8) is 0 Å². The Morgan fingerprint density at radius 1 is 1.24 bits per heavy atom. The van der Waals surface area contributed by atoms with Crippen LogP contribution in [0.4, 0.5) is 13.2 Å². The molecule has 0 fully saturated rings. The van der Waals surface area contributed by atoms with Crippen molar-refractivity contribution < 1.29 is 18.0 Å². The zero-order valence-corrected chi connectivity index (χ0v) is 13.6. The zero-order chi connectivity index (χ0) is 18.2. The lowest BCUT2D eigenvalue weighted by atomic mass is 10.2. The molecule has 0 atom stereocenters. The summed E-state index contributed by atoms with van der Waals surface area (Å²) in [7, 11) is 0. The smallest absolute Gasteiger partial charge is 0.350 e. The fourth-order valence-electron chi connectivity index (χ4n) is 2.51. The van der Waals surface area contributed by atoms with Gasteiger partial charge in [0, 0.05) is 24.6 Å². The molecule has 0 saturated heterocycles. The third-order valence-electron chi connectivity index (χ3n) is 3.71. The summed E-state index contributed by atoms with van der Waals surface area (Å²) in [6.07, 6.45) is -1.01. The standard InChI is InChI=1S/C16H16F3N5O/c1-10-8-23-9-12(3-4-14(23)21-10)15(25)20-5-6-24-11(2)7-13(22-24)16(17,18)19/h3-4,7-9H,5-6H2,1-2H3,(H,20,25). The summed E-state index contributed by atoms with van der Waals surface area (Å²) < 4.78 is 40.9. The lowest BCUT2D eigenvalue weighted by Gasteiger charge is -2.07. The molecule has 3 rings (SSSR count). The molecule has 132 valence electrons. The number of nitrogens with one attached hydrogen (secondary N) is 1. The highest BCUT2D eigenvalue weighted by Gasteiger charge is 2.34. The fourth-order valence-corrected chi connectivity index (χ4v) is 2.51. The van der Waals surface area contributed by atoms with Crippen molar-refractivity contribution in [2.24, 2.45) is 0 Å². The molecule has 0 aromatic carbocycles. The second-order valence-electron chi connectivity index (χ2n) is 5.71. The van der Waals surface area contributed by atoms with Crippen LogP contribution in [0.3, 0.4) is 0 Å². The molecule has 9 heteroatoms. The first-order chi connectivity index (χ1) is 11.7. The number of hydrogen-bond acceptors (Lipinski definition) is 3. The largest absolute Gasteiger partial charge is 0.435 e. The number of aromatic nitrogens is 4. The average Bonchev–Trinajstić information content (AvgIpc) is 3.08. The quantitative estimate of drug-likeness (QED) is 0.786. The van der Waals surface area contributed by atoms with E-state index in [2.05, 4.69) is 15.4 Å². The Morgan fingerprint density at radius 3 is 2.68 bits per heavy atom. The molecule has 0 spiro atoms. The van der Waals surface area contributed by atoms with Gasteiger partial charge in [-0.3, -0.25) is 9.48 Å². The molecule has 0 radical (unpaired) electrons. The van der Waals surface area contributed by atoms with Gasteiger partial charge in [0.25, 0.3) is 5.91 Å². The van der Waals surface area contributed by atoms with Gasteiger partial charge in [0.2, 0.25) is 0 Å². The highest BCUT2D eigenvalue weighted by atomic mass is 19.4. The molecular weight excluding hydrogens is 335 g/mol. The Balaban J connectivity index is 1.63. The van der Waals surface area contributed by atoms with Crippen LogP contribution in [0.25, 0.3) is 5.65 Å². The van der Waals surface area contributed by atoms with Crippen LogP contribution in [0.1, 0.15) is 27.4 Å². The van der Waals surface area contributed by atoms with Crippen molar-refractivity contribution in [2.45, 2.75) is 26.6 Å². The highest BCUT2D eigenvalue weighted by molar-refractivity contribution is 5.94. The predicted octanol–water partition coefficient (Wildman–Crippen LogP) is 2.60. The Kier molecular flexibility index (Phi) is 4.23. The van der Waals surface area contributed by atoms with E-state index in [1.807, 2.05) is 6.92 Å². The number of halogens is 3. The molecule has 3 aromatic rings. The topological polar surface area (TPSA) is 64.2 Å². The van der Waals surface area contributed by atoms with Crippen molar-refractivity contribution in [1.82, 2.24) is 24.5 Å². The normalized spacial score (nSPS) is 11.9. The van der Waals surface area contributed by atoms with Gasteiger partial charge >= 0.3 is 6.18 Å². The summed E-state index contributed by atoms with van der Waals surface area (Å²) in [4.78, 5) is 16.5. The number of pyridine rings is 1. The molecule has 6 nitrogen and oxygen atoms in total. The van der Waals surface area contributed by atoms with E-state index in [-0.39, 0.29) is 19.0 Å². The number of alkyl halides is 3. The summed E-state index contributed by atoms with van der Waals surface area (Å²) in [5.74, 6) is -0.311. The maximum Gasteiger partial charge on any atom is 0.435 e. The van der Waals surface area contributed by atoms with Crippen LogP contribution in [0.15, 0.2) is 30.6 Å². The minimum absolute atomic E-state index is 0.153. The summed E-state index contributed by atoms with van der Waals surface area (Å²) in [5, 5.41) is 6.20. The second kappa shape index (κ2) is 6.23. The maximum absolute atomic E-state index is 12.6. The van der Waals surface area contributed by atoms with Gasteiger partial charge < -0.3 is 9.72 Å². The molecule has 0 aliphatic heterocycles. The number of fused-ring (bicyclic) bond motifs is 1. The number of carbonyl (C=O) groups excluding carboxylic acids is 1. The minimum atomic E-state index is -4.47. The third kappa shape index (κ3) is 3.65.